The molecule has 1 aliphatic heterocycles. The first-order valence-electron chi connectivity index (χ1n) is 8.29. The van der Waals surface area contributed by atoms with E-state index >= 15 is 0 Å². The summed E-state index contributed by atoms with van der Waals surface area (Å²) in [4.78, 5) is 14.5. The summed E-state index contributed by atoms with van der Waals surface area (Å²) in [5.41, 5.74) is 1.36. The Hall–Kier alpha value is -1.57. The van der Waals surface area contributed by atoms with Gasteiger partial charge in [0.25, 0.3) is 0 Å². The average molecular weight is 283 g/mol. The normalized spacial score (nSPS) is 25.0. The van der Waals surface area contributed by atoms with Crippen LogP contribution in [0.25, 0.3) is 0 Å². The van der Waals surface area contributed by atoms with Crippen LogP contribution < -0.4 is 0 Å². The van der Waals surface area contributed by atoms with Gasteiger partial charge in [-0.15, -0.1) is 0 Å². The molecule has 0 N–H and O–H groups in total. The Morgan fingerprint density at radius 3 is 2.43 bits per heavy atom. The molecule has 1 amide bonds. The fraction of sp³-hybridized carbons (Fsp3) is 0.526. The van der Waals surface area contributed by atoms with Gasteiger partial charge in [-0.1, -0.05) is 56.2 Å². The van der Waals surface area contributed by atoms with Gasteiger partial charge in [0.1, 0.15) is 0 Å². The fourth-order valence-electron chi connectivity index (χ4n) is 4.24. The molecule has 1 heterocycles. The third-order valence-corrected chi connectivity index (χ3v) is 5.28. The fourth-order valence-corrected chi connectivity index (χ4v) is 4.24. The molecule has 1 aromatic carbocycles. The molecule has 21 heavy (non-hydrogen) atoms. The van der Waals surface area contributed by atoms with Crippen LogP contribution in [0.15, 0.2) is 43.1 Å². The van der Waals surface area contributed by atoms with Crippen LogP contribution in [-0.4, -0.2) is 17.4 Å². The van der Waals surface area contributed by atoms with Crippen molar-refractivity contribution in [3.05, 3.63) is 48.7 Å². The maximum absolute atomic E-state index is 12.6. The third-order valence-electron chi connectivity index (χ3n) is 5.28. The van der Waals surface area contributed by atoms with Crippen LogP contribution in [0.5, 0.6) is 0 Å². The molecule has 2 nitrogen and oxygen atoms in total. The number of carbonyl (C=O) groups is 1. The molecular weight excluding hydrogens is 258 g/mol. The van der Waals surface area contributed by atoms with E-state index in [2.05, 4.69) is 36.9 Å². The highest BCUT2D eigenvalue weighted by molar-refractivity contribution is 5.82. The molecule has 2 aliphatic rings. The molecule has 0 spiro atoms. The first kappa shape index (κ1) is 14.4. The molecule has 2 heteroatoms. The van der Waals surface area contributed by atoms with Gasteiger partial charge in [-0.3, -0.25) is 4.79 Å². The number of hydrogen-bond donors (Lipinski definition) is 0. The van der Waals surface area contributed by atoms with Crippen LogP contribution in [0, 0.1) is 11.8 Å². The van der Waals surface area contributed by atoms with Gasteiger partial charge >= 0.3 is 0 Å². The van der Waals surface area contributed by atoms with Crippen molar-refractivity contribution in [3.8, 4) is 0 Å². The molecule has 1 saturated carbocycles. The second-order valence-corrected chi connectivity index (χ2v) is 6.44. The average Bonchev–Trinajstić information content (AvgIpc) is 2.91. The summed E-state index contributed by atoms with van der Waals surface area (Å²) in [6.45, 7) is 4.61. The highest BCUT2D eigenvalue weighted by Crippen LogP contribution is 2.44. The maximum Gasteiger partial charge on any atom is 0.230 e. The smallest absolute Gasteiger partial charge is 0.230 e. The van der Waals surface area contributed by atoms with Crippen molar-refractivity contribution >= 4 is 5.91 Å². The van der Waals surface area contributed by atoms with Crippen molar-refractivity contribution in [1.82, 2.24) is 4.90 Å². The van der Waals surface area contributed by atoms with Gasteiger partial charge < -0.3 is 4.90 Å². The van der Waals surface area contributed by atoms with Gasteiger partial charge in [-0.2, -0.15) is 0 Å². The molecule has 1 aliphatic carbocycles. The van der Waals surface area contributed by atoms with Crippen LogP contribution >= 0.6 is 0 Å². The first-order valence-corrected chi connectivity index (χ1v) is 8.29. The highest BCUT2D eigenvalue weighted by atomic mass is 16.2. The maximum atomic E-state index is 12.6. The number of carbonyl (C=O) groups excluding carboxylic acids is 1. The Bertz CT molecular complexity index is 490. The Labute approximate surface area is 127 Å². The van der Waals surface area contributed by atoms with Crippen LogP contribution in [0.4, 0.5) is 0 Å². The van der Waals surface area contributed by atoms with E-state index in [0.717, 1.165) is 13.0 Å². The van der Waals surface area contributed by atoms with E-state index in [9.17, 15) is 4.79 Å². The molecule has 112 valence electrons. The van der Waals surface area contributed by atoms with E-state index in [4.69, 9.17) is 0 Å². The molecule has 3 rings (SSSR count). The van der Waals surface area contributed by atoms with Gasteiger partial charge in [0.2, 0.25) is 5.91 Å². The van der Waals surface area contributed by atoms with Crippen LogP contribution in [0.3, 0.4) is 0 Å². The Morgan fingerprint density at radius 2 is 1.81 bits per heavy atom. The lowest BCUT2D eigenvalue weighted by atomic mass is 9.70. The molecular formula is C19H25NO. The predicted molar refractivity (Wildman–Crippen MR) is 85.8 cm³/mol. The second kappa shape index (κ2) is 6.46. The summed E-state index contributed by atoms with van der Waals surface area (Å²) in [7, 11) is 0. The Morgan fingerprint density at radius 1 is 1.10 bits per heavy atom. The minimum atomic E-state index is 0.147. The van der Waals surface area contributed by atoms with Crippen LogP contribution in [-0.2, 0) is 4.79 Å². The van der Waals surface area contributed by atoms with E-state index in [1.165, 1.54) is 37.7 Å². The van der Waals surface area contributed by atoms with E-state index in [-0.39, 0.29) is 11.8 Å². The molecule has 2 fully saturated rings. The number of rotatable bonds is 4. The van der Waals surface area contributed by atoms with Gasteiger partial charge in [0, 0.05) is 12.5 Å². The van der Waals surface area contributed by atoms with Gasteiger partial charge in [-0.05, 0) is 42.9 Å². The third kappa shape index (κ3) is 2.90. The summed E-state index contributed by atoms with van der Waals surface area (Å²) in [5, 5.41) is 0. The van der Waals surface area contributed by atoms with Crippen molar-refractivity contribution in [2.75, 3.05) is 6.54 Å². The zero-order valence-corrected chi connectivity index (χ0v) is 12.7. The summed E-state index contributed by atoms with van der Waals surface area (Å²) >= 11 is 0. The number of nitrogens with zero attached hydrogens (tertiary/aromatic N) is 1. The number of benzene rings is 1. The summed E-state index contributed by atoms with van der Waals surface area (Å²) in [6, 6.07) is 10.7. The van der Waals surface area contributed by atoms with Crippen molar-refractivity contribution in [2.45, 2.75) is 44.4 Å². The standard InChI is InChI=1S/C19H25NO/c1-2-20-14-13-17(19(20)21)18(15-9-5-3-6-10-15)16-11-7-4-8-12-16/h2-3,5-6,9-10,16-18H,1,4,7-8,11-14H2. The number of hydrogen-bond acceptors (Lipinski definition) is 1. The zero-order valence-electron chi connectivity index (χ0n) is 12.7. The topological polar surface area (TPSA) is 20.3 Å². The Kier molecular flexibility index (Phi) is 4.42. The van der Waals surface area contributed by atoms with E-state index in [1.54, 1.807) is 6.20 Å². The zero-order chi connectivity index (χ0) is 14.7. The lowest BCUT2D eigenvalue weighted by Gasteiger charge is -2.34. The lowest BCUT2D eigenvalue weighted by molar-refractivity contribution is -0.129. The molecule has 0 aromatic heterocycles. The highest BCUT2D eigenvalue weighted by Gasteiger charge is 2.40. The minimum absolute atomic E-state index is 0.147. The monoisotopic (exact) mass is 283 g/mol. The number of likely N-dealkylation sites (tertiary alicyclic amines) is 1. The summed E-state index contributed by atoms with van der Waals surface area (Å²) < 4.78 is 0. The summed E-state index contributed by atoms with van der Waals surface area (Å²) in [6.07, 6.45) is 9.22. The van der Waals surface area contributed by atoms with Crippen LogP contribution in [0.1, 0.15) is 50.0 Å². The molecule has 1 saturated heterocycles. The van der Waals surface area contributed by atoms with E-state index in [1.807, 2.05) is 4.90 Å². The van der Waals surface area contributed by atoms with Crippen molar-refractivity contribution in [3.63, 3.8) is 0 Å². The van der Waals surface area contributed by atoms with Gasteiger partial charge in [0.15, 0.2) is 0 Å². The quantitative estimate of drug-likeness (QED) is 0.805. The SMILES string of the molecule is C=CN1CCC(C(c2ccccc2)C2CCCCC2)C1=O. The first-order chi connectivity index (χ1) is 10.3. The van der Waals surface area contributed by atoms with Crippen molar-refractivity contribution in [2.24, 2.45) is 11.8 Å². The van der Waals surface area contributed by atoms with Crippen molar-refractivity contribution in [1.29, 1.82) is 0 Å². The minimum Gasteiger partial charge on any atom is -0.319 e. The van der Waals surface area contributed by atoms with Gasteiger partial charge in [-0.25, -0.2) is 0 Å². The van der Waals surface area contributed by atoms with Crippen LogP contribution in [0.2, 0.25) is 0 Å². The number of amides is 1. The molecule has 2 atom stereocenters. The molecule has 0 bridgehead atoms. The largest absolute Gasteiger partial charge is 0.319 e. The van der Waals surface area contributed by atoms with E-state index in [0.29, 0.717) is 11.8 Å². The Balaban J connectivity index is 1.89. The molecule has 0 radical (unpaired) electrons. The molecule has 2 unspecified atom stereocenters. The van der Waals surface area contributed by atoms with Gasteiger partial charge in [0.05, 0.1) is 0 Å². The van der Waals surface area contributed by atoms with Crippen molar-refractivity contribution < 1.29 is 4.79 Å². The second-order valence-electron chi connectivity index (χ2n) is 6.44. The predicted octanol–water partition coefficient (Wildman–Crippen LogP) is 4.34. The molecule has 1 aromatic rings. The van der Waals surface area contributed by atoms with E-state index < -0.39 is 0 Å². The lowest BCUT2D eigenvalue weighted by Crippen LogP contribution is -2.30. The summed E-state index contributed by atoms with van der Waals surface area (Å²) in [5.74, 6) is 1.49.